The monoisotopic (exact) mass is 425 g/mol. The summed E-state index contributed by atoms with van der Waals surface area (Å²) in [6, 6.07) is 11.6. The predicted octanol–water partition coefficient (Wildman–Crippen LogP) is 5.46. The molecule has 3 nitrogen and oxygen atoms in total. The molecule has 0 bridgehead atoms. The van der Waals surface area contributed by atoms with Crippen molar-refractivity contribution in [2.75, 3.05) is 5.75 Å². The van der Waals surface area contributed by atoms with Crippen LogP contribution in [-0.4, -0.2) is 19.2 Å². The fourth-order valence-corrected chi connectivity index (χ4v) is 5.17. The van der Waals surface area contributed by atoms with E-state index in [2.05, 4.69) is 4.98 Å². The number of halogens is 3. The molecule has 8 heteroatoms. The van der Waals surface area contributed by atoms with E-state index in [9.17, 15) is 21.6 Å². The Labute approximate surface area is 165 Å². The quantitative estimate of drug-likeness (QED) is 0.545. The second-order valence-corrected chi connectivity index (χ2v) is 9.67. The molecule has 0 aliphatic heterocycles. The van der Waals surface area contributed by atoms with Gasteiger partial charge in [-0.25, -0.2) is 13.4 Å². The van der Waals surface area contributed by atoms with Crippen molar-refractivity contribution in [1.82, 2.24) is 4.98 Å². The zero-order chi connectivity index (χ0) is 20.5. The lowest BCUT2D eigenvalue weighted by Gasteiger charge is -2.07. The number of rotatable bonds is 5. The topological polar surface area (TPSA) is 47.0 Å². The molecule has 1 heterocycles. The van der Waals surface area contributed by atoms with Crippen LogP contribution in [0.25, 0.3) is 10.4 Å². The molecule has 0 fully saturated rings. The Balaban J connectivity index is 1.76. The zero-order valence-electron chi connectivity index (χ0n) is 15.2. The van der Waals surface area contributed by atoms with Crippen LogP contribution in [0.3, 0.4) is 0 Å². The molecule has 2 aromatic carbocycles. The third kappa shape index (κ3) is 4.62. The average Bonchev–Trinajstić information content (AvgIpc) is 3.01. The van der Waals surface area contributed by atoms with E-state index >= 15 is 0 Å². The first kappa shape index (κ1) is 20.5. The zero-order valence-corrected chi connectivity index (χ0v) is 16.9. The summed E-state index contributed by atoms with van der Waals surface area (Å²) in [6.07, 6.45) is -4.13. The number of thiazole rings is 1. The van der Waals surface area contributed by atoms with Crippen molar-refractivity contribution >= 4 is 21.2 Å². The number of aromatic nitrogens is 1. The minimum atomic E-state index is -4.38. The van der Waals surface area contributed by atoms with Gasteiger partial charge in [0.25, 0.3) is 0 Å². The van der Waals surface area contributed by atoms with E-state index in [1.165, 1.54) is 23.5 Å². The van der Waals surface area contributed by atoms with Gasteiger partial charge >= 0.3 is 6.18 Å². The molecule has 3 rings (SSSR count). The Hall–Kier alpha value is -2.19. The van der Waals surface area contributed by atoms with Crippen LogP contribution in [0.1, 0.15) is 21.8 Å². The van der Waals surface area contributed by atoms with Gasteiger partial charge in [-0.2, -0.15) is 13.2 Å². The van der Waals surface area contributed by atoms with Crippen molar-refractivity contribution in [2.45, 2.75) is 31.3 Å². The molecule has 0 N–H and O–H groups in total. The molecule has 0 unspecified atom stereocenters. The van der Waals surface area contributed by atoms with Crippen LogP contribution in [-0.2, 0) is 22.4 Å². The van der Waals surface area contributed by atoms with Gasteiger partial charge in [0.2, 0.25) is 0 Å². The molecule has 0 radical (unpaired) electrons. The summed E-state index contributed by atoms with van der Waals surface area (Å²) < 4.78 is 63.1. The van der Waals surface area contributed by atoms with Gasteiger partial charge in [-0.1, -0.05) is 29.8 Å². The van der Waals surface area contributed by atoms with Gasteiger partial charge in [-0.3, -0.25) is 0 Å². The summed E-state index contributed by atoms with van der Waals surface area (Å²) in [5.74, 6) is -0.0739. The van der Waals surface area contributed by atoms with Crippen LogP contribution in [0, 0.1) is 13.8 Å². The second kappa shape index (κ2) is 7.67. The Morgan fingerprint density at radius 1 is 0.964 bits per heavy atom. The summed E-state index contributed by atoms with van der Waals surface area (Å²) in [5, 5.41) is 0.642. The lowest BCUT2D eigenvalue weighted by Crippen LogP contribution is -2.09. The van der Waals surface area contributed by atoms with Crippen molar-refractivity contribution in [3.8, 4) is 10.4 Å². The van der Waals surface area contributed by atoms with E-state index < -0.39 is 21.6 Å². The normalized spacial score (nSPS) is 12.3. The van der Waals surface area contributed by atoms with Gasteiger partial charge in [-0.15, -0.1) is 11.3 Å². The van der Waals surface area contributed by atoms with Crippen molar-refractivity contribution in [3.05, 3.63) is 70.4 Å². The van der Waals surface area contributed by atoms with E-state index in [-0.39, 0.29) is 17.1 Å². The first-order valence-electron chi connectivity index (χ1n) is 8.49. The SMILES string of the molecule is Cc1ccc(S(=O)(=O)CCc2nc(C)c(-c3ccc(C(F)(F)F)cc3)s2)cc1. The van der Waals surface area contributed by atoms with Gasteiger partial charge in [-0.05, 0) is 43.7 Å². The van der Waals surface area contributed by atoms with Gasteiger partial charge in [0.1, 0.15) is 0 Å². The van der Waals surface area contributed by atoms with E-state index in [1.807, 2.05) is 6.92 Å². The van der Waals surface area contributed by atoms with Crippen LogP contribution in [0.15, 0.2) is 53.4 Å². The van der Waals surface area contributed by atoms with Crippen molar-refractivity contribution < 1.29 is 21.6 Å². The van der Waals surface area contributed by atoms with E-state index in [0.717, 1.165) is 22.6 Å². The highest BCUT2D eigenvalue weighted by molar-refractivity contribution is 7.91. The predicted molar refractivity (Wildman–Crippen MR) is 104 cm³/mol. The van der Waals surface area contributed by atoms with Crippen LogP contribution < -0.4 is 0 Å². The molecule has 0 saturated carbocycles. The molecule has 0 amide bonds. The summed E-state index contributed by atoms with van der Waals surface area (Å²) in [4.78, 5) is 5.42. The molecule has 28 heavy (non-hydrogen) atoms. The number of nitrogens with zero attached hydrogens (tertiary/aromatic N) is 1. The maximum Gasteiger partial charge on any atom is 0.416 e. The third-order valence-corrected chi connectivity index (χ3v) is 7.28. The van der Waals surface area contributed by atoms with Gasteiger partial charge in [0.15, 0.2) is 9.84 Å². The number of hydrogen-bond donors (Lipinski definition) is 0. The maximum atomic E-state index is 12.7. The van der Waals surface area contributed by atoms with E-state index in [0.29, 0.717) is 16.3 Å². The number of sulfone groups is 1. The Bertz CT molecular complexity index is 1070. The van der Waals surface area contributed by atoms with Crippen molar-refractivity contribution in [2.24, 2.45) is 0 Å². The highest BCUT2D eigenvalue weighted by atomic mass is 32.2. The summed E-state index contributed by atoms with van der Waals surface area (Å²) in [7, 11) is -3.42. The van der Waals surface area contributed by atoms with Crippen LogP contribution >= 0.6 is 11.3 Å². The summed E-state index contributed by atoms with van der Waals surface area (Å²) in [6.45, 7) is 3.65. The molecular weight excluding hydrogens is 407 g/mol. The molecular formula is C20H18F3NO2S2. The van der Waals surface area contributed by atoms with Gasteiger partial charge < -0.3 is 0 Å². The molecule has 1 aromatic heterocycles. The Kier molecular flexibility index (Phi) is 5.63. The number of alkyl halides is 3. The molecule has 0 spiro atoms. The summed E-state index contributed by atoms with van der Waals surface area (Å²) >= 11 is 1.31. The highest BCUT2D eigenvalue weighted by Gasteiger charge is 2.30. The minimum Gasteiger partial charge on any atom is -0.246 e. The Morgan fingerprint density at radius 3 is 2.14 bits per heavy atom. The first-order chi connectivity index (χ1) is 13.1. The third-order valence-electron chi connectivity index (χ3n) is 4.28. The van der Waals surface area contributed by atoms with Gasteiger partial charge in [0.05, 0.1) is 31.8 Å². The second-order valence-electron chi connectivity index (χ2n) is 6.48. The van der Waals surface area contributed by atoms with E-state index in [1.54, 1.807) is 31.2 Å². The average molecular weight is 425 g/mol. The number of benzene rings is 2. The minimum absolute atomic E-state index is 0.0739. The molecule has 0 saturated heterocycles. The van der Waals surface area contributed by atoms with Crippen LogP contribution in [0.2, 0.25) is 0 Å². The molecule has 0 aliphatic rings. The van der Waals surface area contributed by atoms with Gasteiger partial charge in [0, 0.05) is 6.42 Å². The van der Waals surface area contributed by atoms with Crippen LogP contribution in [0.5, 0.6) is 0 Å². The molecule has 3 aromatic rings. The standard InChI is InChI=1S/C20H18F3NO2S2/c1-13-3-9-17(10-4-13)28(25,26)12-11-18-24-14(2)19(27-18)15-5-7-16(8-6-15)20(21,22)23/h3-10H,11-12H2,1-2H3. The molecule has 0 atom stereocenters. The van der Waals surface area contributed by atoms with Crippen LogP contribution in [0.4, 0.5) is 13.2 Å². The largest absolute Gasteiger partial charge is 0.416 e. The molecule has 148 valence electrons. The lowest BCUT2D eigenvalue weighted by molar-refractivity contribution is -0.137. The van der Waals surface area contributed by atoms with Crippen molar-refractivity contribution in [1.29, 1.82) is 0 Å². The maximum absolute atomic E-state index is 12.7. The van der Waals surface area contributed by atoms with E-state index in [4.69, 9.17) is 0 Å². The number of aryl methyl sites for hydroxylation is 3. The smallest absolute Gasteiger partial charge is 0.246 e. The summed E-state index contributed by atoms with van der Waals surface area (Å²) in [5.41, 5.74) is 1.58. The fourth-order valence-electron chi connectivity index (χ4n) is 2.72. The molecule has 0 aliphatic carbocycles. The fraction of sp³-hybridized carbons (Fsp3) is 0.250. The highest BCUT2D eigenvalue weighted by Crippen LogP contribution is 2.34. The number of hydrogen-bond acceptors (Lipinski definition) is 4. The van der Waals surface area contributed by atoms with Crippen molar-refractivity contribution in [3.63, 3.8) is 0 Å². The first-order valence-corrected chi connectivity index (χ1v) is 11.0. The Morgan fingerprint density at radius 2 is 1.57 bits per heavy atom. The lowest BCUT2D eigenvalue weighted by atomic mass is 10.1.